The number of anilines is 1. The number of likely N-dealkylation sites (tertiary alicyclic amines) is 1. The zero-order valence-electron chi connectivity index (χ0n) is 13.9. The summed E-state index contributed by atoms with van der Waals surface area (Å²) in [6, 6.07) is 12.6. The summed E-state index contributed by atoms with van der Waals surface area (Å²) in [7, 11) is 0. The first kappa shape index (κ1) is 17.0. The molecule has 1 N–H and O–H groups in total. The summed E-state index contributed by atoms with van der Waals surface area (Å²) in [4.78, 5) is 26.3. The molecule has 0 bridgehead atoms. The van der Waals surface area contributed by atoms with Crippen molar-refractivity contribution in [1.29, 1.82) is 0 Å². The summed E-state index contributed by atoms with van der Waals surface area (Å²) in [5.41, 5.74) is 0.778. The van der Waals surface area contributed by atoms with Crippen molar-refractivity contribution in [3.05, 3.63) is 59.9 Å². The number of rotatable bonds is 3. The molecule has 0 unspecified atom stereocenters. The van der Waals surface area contributed by atoms with E-state index in [1.165, 1.54) is 17.0 Å². The lowest BCUT2D eigenvalue weighted by atomic mass is 10.1. The van der Waals surface area contributed by atoms with Crippen LogP contribution >= 0.6 is 0 Å². The smallest absolute Gasteiger partial charge is 0.410 e. The second kappa shape index (κ2) is 7.34. The van der Waals surface area contributed by atoms with E-state index < -0.39 is 12.1 Å². The Morgan fingerprint density at radius 1 is 1.16 bits per heavy atom. The molecule has 2 amide bonds. The average Bonchev–Trinajstić information content (AvgIpc) is 3.10. The van der Waals surface area contributed by atoms with Crippen LogP contribution < -0.4 is 10.1 Å². The molecule has 25 heavy (non-hydrogen) atoms. The van der Waals surface area contributed by atoms with Crippen LogP contribution in [0.4, 0.5) is 14.9 Å². The third kappa shape index (κ3) is 3.79. The van der Waals surface area contributed by atoms with Crippen LogP contribution in [0.2, 0.25) is 0 Å². The minimum atomic E-state index is -0.626. The zero-order valence-corrected chi connectivity index (χ0v) is 13.9. The minimum absolute atomic E-state index is 0.337. The number of benzene rings is 2. The van der Waals surface area contributed by atoms with E-state index >= 15 is 0 Å². The number of amides is 2. The Kier molecular flexibility index (Phi) is 4.97. The van der Waals surface area contributed by atoms with Crippen LogP contribution in [0.5, 0.6) is 5.75 Å². The summed E-state index contributed by atoms with van der Waals surface area (Å²) < 4.78 is 18.9. The van der Waals surface area contributed by atoms with Gasteiger partial charge in [0.1, 0.15) is 17.6 Å². The third-order valence-corrected chi connectivity index (χ3v) is 4.26. The van der Waals surface area contributed by atoms with Gasteiger partial charge >= 0.3 is 6.09 Å². The molecule has 1 aliphatic heterocycles. The number of carbonyl (C=O) groups is 2. The summed E-state index contributed by atoms with van der Waals surface area (Å²) >= 11 is 0. The molecule has 0 aliphatic carbocycles. The van der Waals surface area contributed by atoms with Crippen molar-refractivity contribution in [1.82, 2.24) is 4.90 Å². The Balaban J connectivity index is 1.69. The molecule has 1 aliphatic rings. The molecule has 2 aromatic rings. The molecule has 1 atom stereocenters. The molecule has 1 fully saturated rings. The van der Waals surface area contributed by atoms with Gasteiger partial charge in [-0.05, 0) is 44.0 Å². The second-order valence-electron chi connectivity index (χ2n) is 5.93. The normalized spacial score (nSPS) is 16.6. The summed E-state index contributed by atoms with van der Waals surface area (Å²) in [6.07, 6.45) is 0.702. The van der Waals surface area contributed by atoms with Crippen LogP contribution in [0.25, 0.3) is 0 Å². The van der Waals surface area contributed by atoms with Crippen molar-refractivity contribution in [2.45, 2.75) is 25.8 Å². The van der Waals surface area contributed by atoms with E-state index in [9.17, 15) is 14.0 Å². The van der Waals surface area contributed by atoms with Gasteiger partial charge in [0.25, 0.3) is 0 Å². The molecule has 0 spiro atoms. The number of nitrogens with one attached hydrogen (secondary N) is 1. The topological polar surface area (TPSA) is 58.6 Å². The lowest BCUT2D eigenvalue weighted by Gasteiger charge is -2.23. The first-order chi connectivity index (χ1) is 12.1. The maximum absolute atomic E-state index is 13.6. The van der Waals surface area contributed by atoms with Gasteiger partial charge in [-0.25, -0.2) is 9.18 Å². The van der Waals surface area contributed by atoms with E-state index in [1.807, 2.05) is 6.07 Å². The summed E-state index contributed by atoms with van der Waals surface area (Å²) in [5.74, 6) is -0.291. The Hall–Kier alpha value is -2.89. The van der Waals surface area contributed by atoms with E-state index in [-0.39, 0.29) is 11.7 Å². The Bertz CT molecular complexity index is 779. The van der Waals surface area contributed by atoms with Crippen molar-refractivity contribution in [3.8, 4) is 5.75 Å². The highest BCUT2D eigenvalue weighted by atomic mass is 19.1. The van der Waals surface area contributed by atoms with Crippen molar-refractivity contribution in [2.75, 3.05) is 11.9 Å². The lowest BCUT2D eigenvalue weighted by Crippen LogP contribution is -2.44. The lowest BCUT2D eigenvalue weighted by molar-refractivity contribution is -0.119. The van der Waals surface area contributed by atoms with E-state index in [0.29, 0.717) is 36.4 Å². The highest BCUT2D eigenvalue weighted by Crippen LogP contribution is 2.23. The molecule has 1 heterocycles. The number of carbonyl (C=O) groups excluding carboxylic acids is 2. The first-order valence-corrected chi connectivity index (χ1v) is 8.16. The van der Waals surface area contributed by atoms with Gasteiger partial charge in [0.2, 0.25) is 5.91 Å². The van der Waals surface area contributed by atoms with Crippen LogP contribution in [-0.4, -0.2) is 29.5 Å². The fourth-order valence-electron chi connectivity index (χ4n) is 2.86. The molecule has 3 rings (SSSR count). The van der Waals surface area contributed by atoms with E-state index in [4.69, 9.17) is 4.74 Å². The van der Waals surface area contributed by atoms with Gasteiger partial charge in [-0.2, -0.15) is 0 Å². The quantitative estimate of drug-likeness (QED) is 0.924. The van der Waals surface area contributed by atoms with Crippen LogP contribution in [0.3, 0.4) is 0 Å². The van der Waals surface area contributed by atoms with Gasteiger partial charge < -0.3 is 10.1 Å². The van der Waals surface area contributed by atoms with Gasteiger partial charge in [-0.15, -0.1) is 0 Å². The number of para-hydroxylation sites is 1. The molecule has 2 aromatic carbocycles. The third-order valence-electron chi connectivity index (χ3n) is 4.26. The Labute approximate surface area is 145 Å². The fraction of sp³-hybridized carbons (Fsp3) is 0.263. The van der Waals surface area contributed by atoms with Gasteiger partial charge in [-0.1, -0.05) is 24.3 Å². The van der Waals surface area contributed by atoms with Crippen LogP contribution in [0, 0.1) is 12.7 Å². The molecule has 5 nitrogen and oxygen atoms in total. The highest BCUT2D eigenvalue weighted by Gasteiger charge is 2.35. The molecule has 1 saturated heterocycles. The van der Waals surface area contributed by atoms with Crippen molar-refractivity contribution < 1.29 is 18.7 Å². The van der Waals surface area contributed by atoms with Crippen molar-refractivity contribution in [3.63, 3.8) is 0 Å². The molecular formula is C19H19FN2O3. The first-order valence-electron chi connectivity index (χ1n) is 8.16. The predicted molar refractivity (Wildman–Crippen MR) is 92.0 cm³/mol. The zero-order chi connectivity index (χ0) is 17.8. The van der Waals surface area contributed by atoms with E-state index in [1.54, 1.807) is 37.3 Å². The van der Waals surface area contributed by atoms with E-state index in [0.717, 1.165) is 0 Å². The molecule has 130 valence electrons. The summed E-state index contributed by atoms with van der Waals surface area (Å²) in [5, 5.41) is 2.71. The van der Waals surface area contributed by atoms with Gasteiger partial charge in [-0.3, -0.25) is 9.69 Å². The summed E-state index contributed by atoms with van der Waals surface area (Å²) in [6.45, 7) is 2.05. The number of nitrogens with zero attached hydrogens (tertiary/aromatic N) is 1. The van der Waals surface area contributed by atoms with Crippen LogP contribution in [0.15, 0.2) is 48.5 Å². The Morgan fingerprint density at radius 3 is 2.68 bits per heavy atom. The molecule has 0 aromatic heterocycles. The average molecular weight is 342 g/mol. The second-order valence-corrected chi connectivity index (χ2v) is 5.93. The van der Waals surface area contributed by atoms with Crippen molar-refractivity contribution >= 4 is 17.7 Å². The van der Waals surface area contributed by atoms with Gasteiger partial charge in [0.05, 0.1) is 0 Å². The molecule has 0 saturated carbocycles. The van der Waals surface area contributed by atoms with Crippen LogP contribution in [0.1, 0.15) is 18.4 Å². The number of hydrogen-bond donors (Lipinski definition) is 1. The molecule has 6 heteroatoms. The minimum Gasteiger partial charge on any atom is -0.410 e. The fourth-order valence-corrected chi connectivity index (χ4v) is 2.86. The SMILES string of the molecule is Cc1c(F)cccc1NC(=O)[C@H]1CCCN1C(=O)Oc1ccccc1. The maximum Gasteiger partial charge on any atom is 0.415 e. The molecule has 0 radical (unpaired) electrons. The van der Waals surface area contributed by atoms with Gasteiger partial charge in [0, 0.05) is 17.8 Å². The highest BCUT2D eigenvalue weighted by molar-refractivity contribution is 5.97. The maximum atomic E-state index is 13.6. The van der Waals surface area contributed by atoms with Crippen molar-refractivity contribution in [2.24, 2.45) is 0 Å². The molecular weight excluding hydrogens is 323 g/mol. The predicted octanol–water partition coefficient (Wildman–Crippen LogP) is 3.74. The standard InChI is InChI=1S/C19H19FN2O3/c1-13-15(20)9-5-10-16(13)21-18(23)17-11-6-12-22(17)19(24)25-14-7-3-2-4-8-14/h2-5,7-10,17H,6,11-12H2,1H3,(H,21,23)/t17-/m1/s1. The largest absolute Gasteiger partial charge is 0.415 e. The number of ether oxygens (including phenoxy) is 1. The number of hydrogen-bond acceptors (Lipinski definition) is 3. The number of halogens is 1. The van der Waals surface area contributed by atoms with E-state index in [2.05, 4.69) is 5.32 Å². The monoisotopic (exact) mass is 342 g/mol. The van der Waals surface area contributed by atoms with Crippen LogP contribution in [-0.2, 0) is 4.79 Å². The Morgan fingerprint density at radius 2 is 1.92 bits per heavy atom. The van der Waals surface area contributed by atoms with Gasteiger partial charge in [0.15, 0.2) is 0 Å².